The number of carbonyl (C=O) groups is 2. The number of amides is 1. The number of hydrogen-bond donors (Lipinski definition) is 2. The Bertz CT molecular complexity index is 514. The fourth-order valence-corrected chi connectivity index (χ4v) is 1.91. The first-order valence-electron chi connectivity index (χ1n) is 6.25. The minimum atomic E-state index is -0.860. The highest BCUT2D eigenvalue weighted by molar-refractivity contribution is 5.95. The van der Waals surface area contributed by atoms with Crippen LogP contribution in [0.15, 0.2) is 18.2 Å². The third-order valence-electron chi connectivity index (χ3n) is 3.51. The maximum absolute atomic E-state index is 12.1. The topological polar surface area (TPSA) is 84.9 Å². The van der Waals surface area contributed by atoms with Crippen LogP contribution < -0.4 is 14.8 Å². The molecule has 1 aliphatic carbocycles. The lowest BCUT2D eigenvalue weighted by atomic mass is 10.1. The molecule has 0 spiro atoms. The Hall–Kier alpha value is -2.24. The van der Waals surface area contributed by atoms with Crippen LogP contribution in [0.1, 0.15) is 23.2 Å². The molecule has 0 aromatic heterocycles. The van der Waals surface area contributed by atoms with Crippen molar-refractivity contribution < 1.29 is 24.2 Å². The lowest BCUT2D eigenvalue weighted by molar-refractivity contribution is -0.143. The van der Waals surface area contributed by atoms with Gasteiger partial charge in [-0.3, -0.25) is 9.59 Å². The molecule has 108 valence electrons. The van der Waals surface area contributed by atoms with Crippen molar-refractivity contribution in [2.45, 2.75) is 12.8 Å². The van der Waals surface area contributed by atoms with Gasteiger partial charge in [-0.05, 0) is 25.0 Å². The Labute approximate surface area is 116 Å². The summed E-state index contributed by atoms with van der Waals surface area (Å²) in [6, 6.07) is 4.83. The number of nitrogens with one attached hydrogen (secondary N) is 1. The van der Waals surface area contributed by atoms with Crippen molar-refractivity contribution in [3.63, 3.8) is 0 Å². The minimum absolute atomic E-state index is 0.140. The van der Waals surface area contributed by atoms with E-state index in [9.17, 15) is 9.59 Å². The molecule has 2 N–H and O–H groups in total. The van der Waals surface area contributed by atoms with Crippen LogP contribution in [0.4, 0.5) is 0 Å². The molecular formula is C14H17NO5. The van der Waals surface area contributed by atoms with Gasteiger partial charge in [-0.15, -0.1) is 0 Å². The SMILES string of the molecule is COc1cc(OC)cc(C(=O)NCC2(C(=O)O)CC2)c1. The standard InChI is InChI=1S/C14H17NO5/c1-19-10-5-9(6-11(7-10)20-2)12(16)15-8-14(3-4-14)13(17)18/h5-7H,3-4,8H2,1-2H3,(H,15,16)(H,17,18). The first-order valence-corrected chi connectivity index (χ1v) is 6.25. The highest BCUT2D eigenvalue weighted by Gasteiger charge is 2.50. The summed E-state index contributed by atoms with van der Waals surface area (Å²) in [6.07, 6.45) is 1.20. The lowest BCUT2D eigenvalue weighted by Crippen LogP contribution is -2.34. The Kier molecular flexibility index (Phi) is 3.83. The van der Waals surface area contributed by atoms with Gasteiger partial charge < -0.3 is 19.9 Å². The largest absolute Gasteiger partial charge is 0.497 e. The van der Waals surface area contributed by atoms with Crippen molar-refractivity contribution in [3.8, 4) is 11.5 Å². The smallest absolute Gasteiger partial charge is 0.311 e. The second-order valence-corrected chi connectivity index (χ2v) is 4.87. The number of rotatable bonds is 6. The number of carboxylic acids is 1. The molecule has 6 heteroatoms. The highest BCUT2D eigenvalue weighted by atomic mass is 16.5. The molecule has 0 atom stereocenters. The van der Waals surface area contributed by atoms with Crippen LogP contribution in [-0.2, 0) is 4.79 Å². The van der Waals surface area contributed by atoms with Crippen LogP contribution in [-0.4, -0.2) is 37.7 Å². The van der Waals surface area contributed by atoms with Crippen molar-refractivity contribution in [1.29, 1.82) is 0 Å². The third kappa shape index (κ3) is 2.84. The molecule has 0 saturated heterocycles. The predicted molar refractivity (Wildman–Crippen MR) is 71.2 cm³/mol. The van der Waals surface area contributed by atoms with Gasteiger partial charge in [0.2, 0.25) is 0 Å². The molecule has 0 aliphatic heterocycles. The summed E-state index contributed by atoms with van der Waals surface area (Å²) in [4.78, 5) is 23.1. The monoisotopic (exact) mass is 279 g/mol. The number of methoxy groups -OCH3 is 2. The fraction of sp³-hybridized carbons (Fsp3) is 0.429. The lowest BCUT2D eigenvalue weighted by Gasteiger charge is -2.12. The molecule has 1 aliphatic rings. The summed E-state index contributed by atoms with van der Waals surface area (Å²) in [6.45, 7) is 0.140. The first kappa shape index (κ1) is 14.2. The number of carbonyl (C=O) groups excluding carboxylic acids is 1. The number of carboxylic acid groups (broad SMARTS) is 1. The van der Waals surface area contributed by atoms with Crippen molar-refractivity contribution in [2.24, 2.45) is 5.41 Å². The van der Waals surface area contributed by atoms with Crippen molar-refractivity contribution in [2.75, 3.05) is 20.8 Å². The van der Waals surface area contributed by atoms with Gasteiger partial charge >= 0.3 is 5.97 Å². The summed E-state index contributed by atoms with van der Waals surface area (Å²) in [7, 11) is 3.00. The van der Waals surface area contributed by atoms with Crippen LogP contribution in [0.2, 0.25) is 0 Å². The van der Waals surface area contributed by atoms with Crippen LogP contribution in [0.3, 0.4) is 0 Å². The zero-order valence-electron chi connectivity index (χ0n) is 11.4. The van der Waals surface area contributed by atoms with Gasteiger partial charge in [0.05, 0.1) is 19.6 Å². The number of aliphatic carboxylic acids is 1. The van der Waals surface area contributed by atoms with Crippen LogP contribution in [0.25, 0.3) is 0 Å². The molecule has 1 saturated carbocycles. The second kappa shape index (κ2) is 5.40. The normalized spacial score (nSPS) is 15.3. The maximum atomic E-state index is 12.1. The van der Waals surface area contributed by atoms with Gasteiger partial charge in [0, 0.05) is 18.2 Å². The van der Waals surface area contributed by atoms with Crippen LogP contribution in [0.5, 0.6) is 11.5 Å². The number of ether oxygens (including phenoxy) is 2. The molecule has 1 aromatic rings. The van der Waals surface area contributed by atoms with E-state index in [-0.39, 0.29) is 12.5 Å². The van der Waals surface area contributed by atoms with Gasteiger partial charge in [-0.2, -0.15) is 0 Å². The van der Waals surface area contributed by atoms with Gasteiger partial charge in [0.15, 0.2) is 0 Å². The van der Waals surface area contributed by atoms with Gasteiger partial charge in [0.1, 0.15) is 11.5 Å². The predicted octanol–water partition coefficient (Wildman–Crippen LogP) is 1.30. The summed E-state index contributed by atoms with van der Waals surface area (Å²) in [5.74, 6) is -0.182. The van der Waals surface area contributed by atoms with E-state index >= 15 is 0 Å². The molecule has 1 fully saturated rings. The Balaban J connectivity index is 2.07. The summed E-state index contributed by atoms with van der Waals surface area (Å²) < 4.78 is 10.2. The molecule has 1 amide bonds. The summed E-state index contributed by atoms with van der Waals surface area (Å²) in [5.41, 5.74) is -0.402. The van der Waals surface area contributed by atoms with E-state index in [4.69, 9.17) is 14.6 Å². The molecule has 0 radical (unpaired) electrons. The quantitative estimate of drug-likeness (QED) is 0.820. The molecule has 0 unspecified atom stereocenters. The Morgan fingerprint density at radius 3 is 2.15 bits per heavy atom. The van der Waals surface area contributed by atoms with E-state index in [0.717, 1.165) is 0 Å². The molecule has 20 heavy (non-hydrogen) atoms. The van der Waals surface area contributed by atoms with Gasteiger partial charge in [-0.1, -0.05) is 0 Å². The van der Waals surface area contributed by atoms with Crippen LogP contribution in [0, 0.1) is 5.41 Å². The first-order chi connectivity index (χ1) is 9.50. The molecule has 0 bridgehead atoms. The number of hydrogen-bond acceptors (Lipinski definition) is 4. The van der Waals surface area contributed by atoms with E-state index in [1.165, 1.54) is 14.2 Å². The average Bonchev–Trinajstić information content (AvgIpc) is 3.25. The zero-order valence-corrected chi connectivity index (χ0v) is 11.4. The molecule has 1 aromatic carbocycles. The molecule has 2 rings (SSSR count). The summed E-state index contributed by atoms with van der Waals surface area (Å²) >= 11 is 0. The van der Waals surface area contributed by atoms with Crippen molar-refractivity contribution >= 4 is 11.9 Å². The maximum Gasteiger partial charge on any atom is 0.311 e. The van der Waals surface area contributed by atoms with E-state index in [2.05, 4.69) is 5.32 Å². The highest BCUT2D eigenvalue weighted by Crippen LogP contribution is 2.45. The van der Waals surface area contributed by atoms with Crippen LogP contribution >= 0.6 is 0 Å². The average molecular weight is 279 g/mol. The van der Waals surface area contributed by atoms with Crippen molar-refractivity contribution in [3.05, 3.63) is 23.8 Å². The second-order valence-electron chi connectivity index (χ2n) is 4.87. The van der Waals surface area contributed by atoms with E-state index in [0.29, 0.717) is 29.9 Å². The zero-order chi connectivity index (χ0) is 14.8. The molecule has 0 heterocycles. The van der Waals surface area contributed by atoms with E-state index in [1.807, 2.05) is 0 Å². The molecular weight excluding hydrogens is 262 g/mol. The van der Waals surface area contributed by atoms with Crippen molar-refractivity contribution in [1.82, 2.24) is 5.32 Å². The fourth-order valence-electron chi connectivity index (χ4n) is 1.91. The molecule has 6 nitrogen and oxygen atoms in total. The minimum Gasteiger partial charge on any atom is -0.497 e. The number of benzene rings is 1. The van der Waals surface area contributed by atoms with E-state index in [1.54, 1.807) is 18.2 Å². The third-order valence-corrected chi connectivity index (χ3v) is 3.51. The summed E-state index contributed by atoms with van der Waals surface area (Å²) in [5, 5.41) is 11.7. The van der Waals surface area contributed by atoms with Gasteiger partial charge in [-0.25, -0.2) is 0 Å². The van der Waals surface area contributed by atoms with E-state index < -0.39 is 11.4 Å². The van der Waals surface area contributed by atoms with Gasteiger partial charge in [0.25, 0.3) is 5.91 Å². The Morgan fingerprint density at radius 1 is 1.20 bits per heavy atom. The Morgan fingerprint density at radius 2 is 1.75 bits per heavy atom.